The van der Waals surface area contributed by atoms with Gasteiger partial charge < -0.3 is 4.42 Å². The Morgan fingerprint density at radius 1 is 0.700 bits per heavy atom. The van der Waals surface area contributed by atoms with Gasteiger partial charge in [-0.15, -0.1) is 0 Å². The van der Waals surface area contributed by atoms with Crippen molar-refractivity contribution in [3.05, 3.63) is 84.7 Å². The Bertz CT molecular complexity index is 1580. The van der Waals surface area contributed by atoms with E-state index in [1.54, 1.807) is 0 Å². The van der Waals surface area contributed by atoms with Crippen LogP contribution in [0.1, 0.15) is 25.6 Å². The number of hydrogen-bond acceptors (Lipinski definition) is 3. The molecule has 4 aromatic carbocycles. The highest BCUT2D eigenvalue weighted by molar-refractivity contribution is 6.11. The van der Waals surface area contributed by atoms with E-state index in [-0.39, 0.29) is 5.92 Å². The molecular weight excluding hydrogens is 368 g/mol. The van der Waals surface area contributed by atoms with Crippen molar-refractivity contribution in [3.63, 3.8) is 0 Å². The zero-order valence-electron chi connectivity index (χ0n) is 16.9. The third-order valence-electron chi connectivity index (χ3n) is 5.74. The average molecular weight is 388 g/mol. The van der Waals surface area contributed by atoms with Gasteiger partial charge in [-0.05, 0) is 39.7 Å². The van der Waals surface area contributed by atoms with Crippen LogP contribution in [0, 0.1) is 0 Å². The van der Waals surface area contributed by atoms with E-state index in [2.05, 4.69) is 86.6 Å². The van der Waals surface area contributed by atoms with Crippen molar-refractivity contribution < 1.29 is 4.42 Å². The van der Waals surface area contributed by atoms with Gasteiger partial charge in [-0.25, -0.2) is 9.97 Å². The molecule has 30 heavy (non-hydrogen) atoms. The van der Waals surface area contributed by atoms with Gasteiger partial charge >= 0.3 is 0 Å². The first-order chi connectivity index (χ1) is 14.7. The monoisotopic (exact) mass is 388 g/mol. The lowest BCUT2D eigenvalue weighted by Crippen LogP contribution is -1.99. The Labute approximate surface area is 174 Å². The molecule has 0 aliphatic rings. The maximum atomic E-state index is 6.37. The molecule has 0 aliphatic carbocycles. The van der Waals surface area contributed by atoms with Crippen molar-refractivity contribution in [2.45, 2.75) is 19.8 Å². The molecule has 144 valence electrons. The molecule has 0 N–H and O–H groups in total. The molecule has 0 saturated heterocycles. The third-order valence-corrected chi connectivity index (χ3v) is 5.74. The van der Waals surface area contributed by atoms with Crippen molar-refractivity contribution in [3.8, 4) is 11.3 Å². The quantitative estimate of drug-likeness (QED) is 0.309. The summed E-state index contributed by atoms with van der Waals surface area (Å²) in [6.07, 6.45) is 0. The van der Waals surface area contributed by atoms with Crippen molar-refractivity contribution in [1.29, 1.82) is 0 Å². The molecule has 2 aromatic heterocycles. The molecule has 0 radical (unpaired) electrons. The van der Waals surface area contributed by atoms with Crippen molar-refractivity contribution in [2.75, 3.05) is 0 Å². The van der Waals surface area contributed by atoms with Gasteiger partial charge in [0, 0.05) is 16.9 Å². The highest BCUT2D eigenvalue weighted by Gasteiger charge is 2.19. The van der Waals surface area contributed by atoms with E-state index in [1.165, 1.54) is 16.2 Å². The topological polar surface area (TPSA) is 38.9 Å². The molecule has 0 spiro atoms. The standard InChI is InChI=1S/C27H20N2O/c1-16(2)27-28-24(21-12-11-17-7-3-4-8-18(17)13-21)26-25(29-27)22-14-19-9-5-6-10-20(19)15-23(22)30-26/h3-16H,1-2H3. The summed E-state index contributed by atoms with van der Waals surface area (Å²) in [6.45, 7) is 4.26. The number of hydrogen-bond donors (Lipinski definition) is 0. The van der Waals surface area contributed by atoms with Gasteiger partial charge in [0.15, 0.2) is 5.58 Å². The van der Waals surface area contributed by atoms with E-state index in [1.807, 2.05) is 6.07 Å². The summed E-state index contributed by atoms with van der Waals surface area (Å²) in [7, 11) is 0. The van der Waals surface area contributed by atoms with Crippen LogP contribution in [0.15, 0.2) is 83.3 Å². The third kappa shape index (κ3) is 2.59. The van der Waals surface area contributed by atoms with E-state index in [0.29, 0.717) is 0 Å². The molecule has 0 unspecified atom stereocenters. The Hall–Kier alpha value is -3.72. The molecule has 3 heteroatoms. The Balaban J connectivity index is 1.71. The summed E-state index contributed by atoms with van der Waals surface area (Å²) < 4.78 is 6.37. The van der Waals surface area contributed by atoms with Gasteiger partial charge in [-0.1, -0.05) is 74.5 Å². The predicted molar refractivity (Wildman–Crippen MR) is 124 cm³/mol. The summed E-state index contributed by atoms with van der Waals surface area (Å²) in [5.41, 5.74) is 4.39. The van der Waals surface area contributed by atoms with E-state index >= 15 is 0 Å². The Morgan fingerprint density at radius 2 is 1.37 bits per heavy atom. The largest absolute Gasteiger partial charge is 0.452 e. The molecule has 0 saturated carbocycles. The maximum Gasteiger partial charge on any atom is 0.180 e. The number of furan rings is 1. The van der Waals surface area contributed by atoms with Gasteiger partial charge in [0.25, 0.3) is 0 Å². The molecule has 0 aliphatic heterocycles. The summed E-state index contributed by atoms with van der Waals surface area (Å²) in [5, 5.41) is 5.79. The zero-order chi connectivity index (χ0) is 20.2. The van der Waals surface area contributed by atoms with E-state index < -0.39 is 0 Å². The van der Waals surface area contributed by atoms with Crippen molar-refractivity contribution in [1.82, 2.24) is 9.97 Å². The first kappa shape index (κ1) is 17.2. The summed E-state index contributed by atoms with van der Waals surface area (Å²) >= 11 is 0. The zero-order valence-corrected chi connectivity index (χ0v) is 16.9. The van der Waals surface area contributed by atoms with E-state index in [0.717, 1.165) is 44.5 Å². The van der Waals surface area contributed by atoms with Crippen LogP contribution in [0.2, 0.25) is 0 Å². The number of benzene rings is 4. The molecule has 0 fully saturated rings. The van der Waals surface area contributed by atoms with E-state index in [4.69, 9.17) is 14.4 Å². The minimum absolute atomic E-state index is 0.221. The molecule has 0 bridgehead atoms. The predicted octanol–water partition coefficient (Wildman–Crippen LogP) is 7.47. The van der Waals surface area contributed by atoms with Gasteiger partial charge in [-0.2, -0.15) is 0 Å². The Morgan fingerprint density at radius 3 is 2.10 bits per heavy atom. The van der Waals surface area contributed by atoms with Crippen LogP contribution in [0.3, 0.4) is 0 Å². The van der Waals surface area contributed by atoms with Crippen LogP contribution in [-0.4, -0.2) is 9.97 Å². The molecule has 0 atom stereocenters. The van der Waals surface area contributed by atoms with Crippen LogP contribution in [0.5, 0.6) is 0 Å². The second-order valence-corrected chi connectivity index (χ2v) is 8.12. The lowest BCUT2D eigenvalue weighted by molar-refractivity contribution is 0.664. The van der Waals surface area contributed by atoms with Crippen LogP contribution in [-0.2, 0) is 0 Å². The van der Waals surface area contributed by atoms with Crippen LogP contribution in [0.25, 0.3) is 54.9 Å². The number of fused-ring (bicyclic) bond motifs is 5. The second-order valence-electron chi connectivity index (χ2n) is 8.12. The fourth-order valence-electron chi connectivity index (χ4n) is 4.14. The molecule has 2 heterocycles. The van der Waals surface area contributed by atoms with E-state index in [9.17, 15) is 0 Å². The number of rotatable bonds is 2. The average Bonchev–Trinajstić information content (AvgIpc) is 3.14. The van der Waals surface area contributed by atoms with Crippen LogP contribution in [0.4, 0.5) is 0 Å². The smallest absolute Gasteiger partial charge is 0.180 e. The highest BCUT2D eigenvalue weighted by Crippen LogP contribution is 2.37. The maximum absolute atomic E-state index is 6.37. The fourth-order valence-corrected chi connectivity index (χ4v) is 4.14. The lowest BCUT2D eigenvalue weighted by Gasteiger charge is -2.09. The highest BCUT2D eigenvalue weighted by atomic mass is 16.3. The minimum atomic E-state index is 0.221. The van der Waals surface area contributed by atoms with Crippen molar-refractivity contribution in [2.24, 2.45) is 0 Å². The van der Waals surface area contributed by atoms with Crippen LogP contribution < -0.4 is 0 Å². The van der Waals surface area contributed by atoms with Gasteiger partial charge in [0.2, 0.25) is 0 Å². The summed E-state index contributed by atoms with van der Waals surface area (Å²) in [4.78, 5) is 9.85. The first-order valence-electron chi connectivity index (χ1n) is 10.3. The molecule has 6 rings (SSSR count). The number of nitrogens with zero attached hydrogens (tertiary/aromatic N) is 2. The molecular formula is C27H20N2O. The van der Waals surface area contributed by atoms with Gasteiger partial charge in [-0.3, -0.25) is 0 Å². The summed E-state index contributed by atoms with van der Waals surface area (Å²) in [5.74, 6) is 1.06. The van der Waals surface area contributed by atoms with Gasteiger partial charge in [0.1, 0.15) is 22.6 Å². The van der Waals surface area contributed by atoms with Crippen molar-refractivity contribution >= 4 is 43.6 Å². The SMILES string of the molecule is CC(C)c1nc(-c2ccc3ccccc3c2)c2oc3cc4ccccc4cc3c2n1. The van der Waals surface area contributed by atoms with Gasteiger partial charge in [0.05, 0.1) is 0 Å². The molecule has 6 aromatic rings. The Kier molecular flexibility index (Phi) is 3.66. The normalized spacial score (nSPS) is 12.0. The lowest BCUT2D eigenvalue weighted by atomic mass is 10.0. The molecule has 0 amide bonds. The summed E-state index contributed by atoms with van der Waals surface area (Å²) in [6, 6.07) is 27.5. The fraction of sp³-hybridized carbons (Fsp3) is 0.111. The first-order valence-corrected chi connectivity index (χ1v) is 10.3. The minimum Gasteiger partial charge on any atom is -0.452 e. The number of aromatic nitrogens is 2. The van der Waals surface area contributed by atoms with Crippen LogP contribution >= 0.6 is 0 Å². The molecule has 3 nitrogen and oxygen atoms in total. The second kappa shape index (κ2) is 6.39.